The number of hydrogen-bond acceptors (Lipinski definition) is 3. The van der Waals surface area contributed by atoms with Gasteiger partial charge in [-0.3, -0.25) is 9.78 Å². The van der Waals surface area contributed by atoms with Crippen LogP contribution in [0.2, 0.25) is 0 Å². The van der Waals surface area contributed by atoms with Crippen molar-refractivity contribution in [2.45, 2.75) is 38.9 Å². The molecule has 140 valence electrons. The summed E-state index contributed by atoms with van der Waals surface area (Å²) in [5.41, 5.74) is 0.502. The number of aromatic nitrogens is 1. The Morgan fingerprint density at radius 2 is 1.92 bits per heavy atom. The number of pyridine rings is 1. The van der Waals surface area contributed by atoms with E-state index in [0.717, 1.165) is 30.7 Å². The van der Waals surface area contributed by atoms with Crippen LogP contribution < -0.4 is 10.2 Å². The summed E-state index contributed by atoms with van der Waals surface area (Å²) in [5, 5.41) is 3.64. The van der Waals surface area contributed by atoms with Crippen LogP contribution >= 0.6 is 0 Å². The molecule has 0 atom stereocenters. The number of benzene rings is 1. The Morgan fingerprint density at radius 3 is 2.54 bits per heavy atom. The molecular weight excluding hydrogens is 343 g/mol. The van der Waals surface area contributed by atoms with E-state index in [0.29, 0.717) is 24.0 Å². The molecule has 1 aromatic heterocycles. The van der Waals surface area contributed by atoms with Gasteiger partial charge in [0, 0.05) is 42.3 Å². The summed E-state index contributed by atoms with van der Waals surface area (Å²) >= 11 is 0. The number of halogens is 3. The van der Waals surface area contributed by atoms with Gasteiger partial charge in [0.25, 0.3) is 0 Å². The fourth-order valence-corrected chi connectivity index (χ4v) is 3.37. The predicted octanol–water partition coefficient (Wildman–Crippen LogP) is 3.99. The highest BCUT2D eigenvalue weighted by Crippen LogP contribution is 2.34. The van der Waals surface area contributed by atoms with Crippen molar-refractivity contribution in [1.29, 1.82) is 0 Å². The molecule has 4 nitrogen and oxygen atoms in total. The maximum Gasteiger partial charge on any atom is 0.416 e. The molecule has 1 N–H and O–H groups in total. The summed E-state index contributed by atoms with van der Waals surface area (Å²) in [7, 11) is 0. The summed E-state index contributed by atoms with van der Waals surface area (Å²) in [4.78, 5) is 18.4. The van der Waals surface area contributed by atoms with E-state index < -0.39 is 11.7 Å². The number of nitrogens with zero attached hydrogens (tertiary/aromatic N) is 2. The SMILES string of the molecule is CC(C)NC(=O)C1CCN(c2ccnc3cc(C(F)(F)F)ccc23)CC1. The lowest BCUT2D eigenvalue weighted by Crippen LogP contribution is -2.42. The Kier molecular flexibility index (Phi) is 5.07. The first-order valence-electron chi connectivity index (χ1n) is 8.77. The predicted molar refractivity (Wildman–Crippen MR) is 95.0 cm³/mol. The first-order valence-corrected chi connectivity index (χ1v) is 8.77. The molecule has 2 heterocycles. The van der Waals surface area contributed by atoms with E-state index in [1.54, 1.807) is 0 Å². The number of anilines is 1. The first-order chi connectivity index (χ1) is 12.3. The molecule has 0 bridgehead atoms. The minimum Gasteiger partial charge on any atom is -0.371 e. The Balaban J connectivity index is 1.78. The Labute approximate surface area is 150 Å². The minimum atomic E-state index is -4.38. The average Bonchev–Trinajstić information content (AvgIpc) is 2.59. The Hall–Kier alpha value is -2.31. The van der Waals surface area contributed by atoms with Crippen LogP contribution in [0.4, 0.5) is 18.9 Å². The molecule has 3 rings (SSSR count). The zero-order chi connectivity index (χ0) is 18.9. The lowest BCUT2D eigenvalue weighted by molar-refractivity contribution is -0.137. The number of nitrogens with one attached hydrogen (secondary N) is 1. The van der Waals surface area contributed by atoms with Gasteiger partial charge in [-0.1, -0.05) is 6.07 Å². The van der Waals surface area contributed by atoms with Gasteiger partial charge >= 0.3 is 6.18 Å². The second kappa shape index (κ2) is 7.13. The molecular formula is C19H22F3N3O. The van der Waals surface area contributed by atoms with Gasteiger partial charge in [-0.25, -0.2) is 0 Å². The van der Waals surface area contributed by atoms with Crippen LogP contribution in [0.5, 0.6) is 0 Å². The van der Waals surface area contributed by atoms with Crippen LogP contribution in [0.15, 0.2) is 30.5 Å². The maximum atomic E-state index is 12.9. The van der Waals surface area contributed by atoms with Crippen LogP contribution in [-0.4, -0.2) is 30.0 Å². The summed E-state index contributed by atoms with van der Waals surface area (Å²) < 4.78 is 38.7. The van der Waals surface area contributed by atoms with Crippen LogP contribution in [0.1, 0.15) is 32.3 Å². The second-order valence-electron chi connectivity index (χ2n) is 6.98. The standard InChI is InChI=1S/C19H22F3N3O/c1-12(2)24-18(26)13-6-9-25(10-7-13)17-5-8-23-16-11-14(19(20,21)22)3-4-15(16)17/h3-5,8,11-13H,6-7,9-10H2,1-2H3,(H,24,26). The zero-order valence-corrected chi connectivity index (χ0v) is 14.8. The lowest BCUT2D eigenvalue weighted by Gasteiger charge is -2.34. The molecule has 0 radical (unpaired) electrons. The van der Waals surface area contributed by atoms with Crippen molar-refractivity contribution in [3.63, 3.8) is 0 Å². The van der Waals surface area contributed by atoms with Crippen molar-refractivity contribution < 1.29 is 18.0 Å². The van der Waals surface area contributed by atoms with Gasteiger partial charge in [-0.15, -0.1) is 0 Å². The molecule has 1 amide bonds. The van der Waals surface area contributed by atoms with Crippen molar-refractivity contribution >= 4 is 22.5 Å². The third-order valence-corrected chi connectivity index (χ3v) is 4.68. The van der Waals surface area contributed by atoms with Crippen molar-refractivity contribution in [1.82, 2.24) is 10.3 Å². The maximum absolute atomic E-state index is 12.9. The van der Waals surface area contributed by atoms with Crippen LogP contribution in [0.3, 0.4) is 0 Å². The van der Waals surface area contributed by atoms with Gasteiger partial charge < -0.3 is 10.2 Å². The average molecular weight is 365 g/mol. The summed E-state index contributed by atoms with van der Waals surface area (Å²) in [6.07, 6.45) is -1.39. The summed E-state index contributed by atoms with van der Waals surface area (Å²) in [6, 6.07) is 5.60. The molecule has 1 aliphatic heterocycles. The number of alkyl halides is 3. The van der Waals surface area contributed by atoms with E-state index in [-0.39, 0.29) is 17.9 Å². The van der Waals surface area contributed by atoms with Crippen molar-refractivity contribution in [3.05, 3.63) is 36.0 Å². The molecule has 7 heteroatoms. The quantitative estimate of drug-likeness (QED) is 0.894. The number of hydrogen-bond donors (Lipinski definition) is 1. The van der Waals surface area contributed by atoms with Gasteiger partial charge in [0.1, 0.15) is 0 Å². The first kappa shape index (κ1) is 18.5. The van der Waals surface area contributed by atoms with E-state index in [9.17, 15) is 18.0 Å². The number of fused-ring (bicyclic) bond motifs is 1. The molecule has 2 aromatic rings. The summed E-state index contributed by atoms with van der Waals surface area (Å²) in [5.74, 6) is 0.0626. The number of rotatable bonds is 3. The second-order valence-corrected chi connectivity index (χ2v) is 6.98. The van der Waals surface area contributed by atoms with E-state index in [1.807, 2.05) is 19.9 Å². The van der Waals surface area contributed by atoms with E-state index in [4.69, 9.17) is 0 Å². The molecule has 1 aromatic carbocycles. The van der Waals surface area contributed by atoms with Gasteiger partial charge in [0.15, 0.2) is 0 Å². The van der Waals surface area contributed by atoms with Gasteiger partial charge in [0.05, 0.1) is 11.1 Å². The van der Waals surface area contributed by atoms with Crippen molar-refractivity contribution in [2.75, 3.05) is 18.0 Å². The highest BCUT2D eigenvalue weighted by molar-refractivity contribution is 5.92. The molecule has 0 unspecified atom stereocenters. The Morgan fingerprint density at radius 1 is 1.23 bits per heavy atom. The largest absolute Gasteiger partial charge is 0.416 e. The fraction of sp³-hybridized carbons (Fsp3) is 0.474. The third-order valence-electron chi connectivity index (χ3n) is 4.68. The van der Waals surface area contributed by atoms with Gasteiger partial charge in [-0.05, 0) is 44.9 Å². The Bertz CT molecular complexity index is 796. The van der Waals surface area contributed by atoms with E-state index in [1.165, 1.54) is 12.3 Å². The van der Waals surface area contributed by atoms with Crippen molar-refractivity contribution in [3.8, 4) is 0 Å². The van der Waals surface area contributed by atoms with Crippen LogP contribution in [-0.2, 0) is 11.0 Å². The van der Waals surface area contributed by atoms with E-state index >= 15 is 0 Å². The lowest BCUT2D eigenvalue weighted by atomic mass is 9.95. The number of piperidine rings is 1. The summed E-state index contributed by atoms with van der Waals surface area (Å²) in [6.45, 7) is 5.25. The highest BCUT2D eigenvalue weighted by atomic mass is 19.4. The van der Waals surface area contributed by atoms with Crippen LogP contribution in [0.25, 0.3) is 10.9 Å². The zero-order valence-electron chi connectivity index (χ0n) is 14.8. The molecule has 26 heavy (non-hydrogen) atoms. The smallest absolute Gasteiger partial charge is 0.371 e. The topological polar surface area (TPSA) is 45.2 Å². The molecule has 0 spiro atoms. The van der Waals surface area contributed by atoms with Crippen molar-refractivity contribution in [2.24, 2.45) is 5.92 Å². The molecule has 0 saturated carbocycles. The molecule has 1 aliphatic rings. The minimum absolute atomic E-state index is 0.0152. The van der Waals surface area contributed by atoms with Crippen LogP contribution in [0, 0.1) is 5.92 Å². The third kappa shape index (κ3) is 3.92. The molecule has 1 saturated heterocycles. The van der Waals surface area contributed by atoms with Gasteiger partial charge in [0.2, 0.25) is 5.91 Å². The number of carbonyl (C=O) groups is 1. The molecule has 1 fully saturated rings. The van der Waals surface area contributed by atoms with Gasteiger partial charge in [-0.2, -0.15) is 13.2 Å². The fourth-order valence-electron chi connectivity index (χ4n) is 3.37. The monoisotopic (exact) mass is 365 g/mol. The number of amides is 1. The molecule has 0 aliphatic carbocycles. The highest BCUT2D eigenvalue weighted by Gasteiger charge is 2.31. The van der Waals surface area contributed by atoms with E-state index in [2.05, 4.69) is 15.2 Å². The normalized spacial score (nSPS) is 16.3. The number of carbonyl (C=O) groups excluding carboxylic acids is 1.